The number of H-pyrrole nitrogens is 1. The first-order chi connectivity index (χ1) is 10.6. The van der Waals surface area contributed by atoms with Crippen molar-refractivity contribution in [3.63, 3.8) is 0 Å². The highest BCUT2D eigenvalue weighted by atomic mass is 35.5. The first-order valence-corrected chi connectivity index (χ1v) is 6.49. The van der Waals surface area contributed by atoms with Gasteiger partial charge in [-0.15, -0.1) is 4.80 Å². The minimum Gasteiger partial charge on any atom is -0.382 e. The third-order valence-electron chi connectivity index (χ3n) is 2.66. The van der Waals surface area contributed by atoms with Gasteiger partial charge in [0.2, 0.25) is 5.82 Å². The third kappa shape index (κ3) is 2.72. The lowest BCUT2D eigenvalue weighted by Gasteiger charge is -2.08. The van der Waals surface area contributed by atoms with E-state index in [-0.39, 0.29) is 29.0 Å². The van der Waals surface area contributed by atoms with Crippen molar-refractivity contribution in [2.75, 3.05) is 5.73 Å². The van der Waals surface area contributed by atoms with Crippen LogP contribution < -0.4 is 11.1 Å². The standard InChI is InChI=1S/C11H10ClN9O/c12-8-10(21-17-3-4-18-21)20-9(13)7(19-8)11(22)16-5-6-14-1-2-15-6/h1-4H,5H2,(H2,13,20)(H,14,15)(H,16,22). The van der Waals surface area contributed by atoms with Gasteiger partial charge in [-0.25, -0.2) is 15.0 Å². The van der Waals surface area contributed by atoms with Crippen molar-refractivity contribution < 1.29 is 4.79 Å². The molecular weight excluding hydrogens is 310 g/mol. The Balaban J connectivity index is 1.82. The van der Waals surface area contributed by atoms with Crippen LogP contribution in [0.5, 0.6) is 0 Å². The summed E-state index contributed by atoms with van der Waals surface area (Å²) in [5.41, 5.74) is 5.68. The lowest BCUT2D eigenvalue weighted by Crippen LogP contribution is -2.26. The number of nitrogens with two attached hydrogens (primary N) is 1. The van der Waals surface area contributed by atoms with E-state index in [0.29, 0.717) is 5.82 Å². The van der Waals surface area contributed by atoms with Crippen LogP contribution in [0.2, 0.25) is 5.15 Å². The van der Waals surface area contributed by atoms with Gasteiger partial charge in [-0.3, -0.25) is 4.79 Å². The molecule has 0 spiro atoms. The van der Waals surface area contributed by atoms with Crippen molar-refractivity contribution in [1.29, 1.82) is 0 Å². The number of nitrogen functional groups attached to an aromatic ring is 1. The second-order valence-corrected chi connectivity index (χ2v) is 4.47. The molecule has 0 saturated heterocycles. The van der Waals surface area contributed by atoms with Gasteiger partial charge in [0, 0.05) is 12.4 Å². The van der Waals surface area contributed by atoms with Crippen molar-refractivity contribution in [3.8, 4) is 5.82 Å². The van der Waals surface area contributed by atoms with E-state index >= 15 is 0 Å². The van der Waals surface area contributed by atoms with Crippen molar-refractivity contribution >= 4 is 23.3 Å². The quantitative estimate of drug-likeness (QED) is 0.612. The summed E-state index contributed by atoms with van der Waals surface area (Å²) in [6.07, 6.45) is 6.15. The number of rotatable bonds is 4. The summed E-state index contributed by atoms with van der Waals surface area (Å²) in [4.78, 5) is 28.1. The lowest BCUT2D eigenvalue weighted by atomic mass is 10.3. The monoisotopic (exact) mass is 319 g/mol. The Labute approximate surface area is 128 Å². The molecule has 0 saturated carbocycles. The zero-order valence-electron chi connectivity index (χ0n) is 11.1. The van der Waals surface area contributed by atoms with Gasteiger partial charge in [0.25, 0.3) is 5.91 Å². The first-order valence-electron chi connectivity index (χ1n) is 6.11. The molecule has 3 heterocycles. The van der Waals surface area contributed by atoms with E-state index in [9.17, 15) is 4.79 Å². The normalized spacial score (nSPS) is 10.6. The Hall–Kier alpha value is -3.01. The highest BCUT2D eigenvalue weighted by molar-refractivity contribution is 6.31. The van der Waals surface area contributed by atoms with Gasteiger partial charge in [0.1, 0.15) is 5.82 Å². The molecule has 0 radical (unpaired) electrons. The topological polar surface area (TPSA) is 140 Å². The molecule has 3 rings (SSSR count). The number of amides is 1. The van der Waals surface area contributed by atoms with Crippen LogP contribution in [0.25, 0.3) is 5.82 Å². The Morgan fingerprint density at radius 3 is 2.77 bits per heavy atom. The van der Waals surface area contributed by atoms with Crippen LogP contribution in [0.3, 0.4) is 0 Å². The zero-order chi connectivity index (χ0) is 15.5. The molecule has 0 atom stereocenters. The number of imidazole rings is 1. The minimum absolute atomic E-state index is 0.0338. The second kappa shape index (κ2) is 5.77. The van der Waals surface area contributed by atoms with Crippen LogP contribution in [0.4, 0.5) is 5.82 Å². The molecule has 0 fully saturated rings. The Morgan fingerprint density at radius 1 is 1.32 bits per heavy atom. The molecule has 0 aliphatic heterocycles. The molecule has 3 aromatic heterocycles. The maximum atomic E-state index is 12.1. The highest BCUT2D eigenvalue weighted by Gasteiger charge is 2.18. The zero-order valence-corrected chi connectivity index (χ0v) is 11.8. The SMILES string of the molecule is Nc1nc(-n2nccn2)c(Cl)nc1C(=O)NCc1ncc[nH]1. The number of aromatic amines is 1. The van der Waals surface area contributed by atoms with Crippen molar-refractivity contribution in [3.05, 3.63) is 41.5 Å². The number of aromatic nitrogens is 7. The molecule has 4 N–H and O–H groups in total. The van der Waals surface area contributed by atoms with Crippen LogP contribution in [0.15, 0.2) is 24.8 Å². The van der Waals surface area contributed by atoms with Crippen LogP contribution in [-0.4, -0.2) is 40.8 Å². The summed E-state index contributed by atoms with van der Waals surface area (Å²) in [6, 6.07) is 0. The molecule has 0 aliphatic rings. The van der Waals surface area contributed by atoms with Gasteiger partial charge < -0.3 is 16.0 Å². The van der Waals surface area contributed by atoms with E-state index in [1.165, 1.54) is 12.4 Å². The smallest absolute Gasteiger partial charge is 0.274 e. The van der Waals surface area contributed by atoms with Crippen LogP contribution in [0, 0.1) is 0 Å². The number of nitrogens with one attached hydrogen (secondary N) is 2. The van der Waals surface area contributed by atoms with Crippen molar-refractivity contribution in [1.82, 2.24) is 40.2 Å². The number of nitrogens with zero attached hydrogens (tertiary/aromatic N) is 6. The molecular formula is C11H10ClN9O. The van der Waals surface area contributed by atoms with Gasteiger partial charge in [0.15, 0.2) is 16.7 Å². The highest BCUT2D eigenvalue weighted by Crippen LogP contribution is 2.18. The van der Waals surface area contributed by atoms with E-state index in [1.54, 1.807) is 12.4 Å². The molecule has 0 unspecified atom stereocenters. The summed E-state index contributed by atoms with van der Waals surface area (Å²) in [6.45, 7) is 0.201. The van der Waals surface area contributed by atoms with Gasteiger partial charge in [-0.05, 0) is 0 Å². The first kappa shape index (κ1) is 13.9. The van der Waals surface area contributed by atoms with E-state index in [0.717, 1.165) is 4.80 Å². The molecule has 0 aromatic carbocycles. The average Bonchev–Trinajstić information content (AvgIpc) is 3.19. The van der Waals surface area contributed by atoms with Crippen LogP contribution in [-0.2, 0) is 6.54 Å². The molecule has 1 amide bonds. The van der Waals surface area contributed by atoms with Gasteiger partial charge in [-0.1, -0.05) is 11.6 Å². The number of carbonyl (C=O) groups is 1. The third-order valence-corrected chi connectivity index (χ3v) is 2.91. The molecule has 112 valence electrons. The van der Waals surface area contributed by atoms with Crippen LogP contribution >= 0.6 is 11.6 Å². The predicted octanol–water partition coefficient (Wildman–Crippen LogP) is -0.0540. The molecule has 0 bridgehead atoms. The summed E-state index contributed by atoms with van der Waals surface area (Å²) in [7, 11) is 0. The van der Waals surface area contributed by atoms with E-state index in [4.69, 9.17) is 17.3 Å². The maximum Gasteiger partial charge on any atom is 0.274 e. The Morgan fingerprint density at radius 2 is 2.09 bits per heavy atom. The second-order valence-electron chi connectivity index (χ2n) is 4.11. The van der Waals surface area contributed by atoms with Gasteiger partial charge in [0.05, 0.1) is 18.9 Å². The fourth-order valence-corrected chi connectivity index (χ4v) is 1.88. The molecule has 22 heavy (non-hydrogen) atoms. The lowest BCUT2D eigenvalue weighted by molar-refractivity contribution is 0.0945. The van der Waals surface area contributed by atoms with Gasteiger partial charge in [-0.2, -0.15) is 10.2 Å². The summed E-state index contributed by atoms with van der Waals surface area (Å²) >= 11 is 6.01. The number of carbonyl (C=O) groups excluding carboxylic acids is 1. The molecule has 0 aliphatic carbocycles. The van der Waals surface area contributed by atoms with Crippen molar-refractivity contribution in [2.45, 2.75) is 6.54 Å². The van der Waals surface area contributed by atoms with E-state index < -0.39 is 5.91 Å². The minimum atomic E-state index is -0.511. The molecule has 10 nitrogen and oxygen atoms in total. The van der Waals surface area contributed by atoms with E-state index in [1.807, 2.05) is 0 Å². The van der Waals surface area contributed by atoms with E-state index in [2.05, 4.69) is 35.5 Å². The Bertz CT molecular complexity index is 784. The van der Waals surface area contributed by atoms with Crippen LogP contribution in [0.1, 0.15) is 16.3 Å². The van der Waals surface area contributed by atoms with Crippen molar-refractivity contribution in [2.24, 2.45) is 0 Å². The fraction of sp³-hybridized carbons (Fsp3) is 0.0909. The maximum absolute atomic E-state index is 12.1. The largest absolute Gasteiger partial charge is 0.382 e. The Kier molecular flexibility index (Phi) is 3.66. The molecule has 11 heteroatoms. The predicted molar refractivity (Wildman–Crippen MR) is 76.1 cm³/mol. The summed E-state index contributed by atoms with van der Waals surface area (Å²) in [5, 5.41) is 10.3. The number of hydrogen-bond acceptors (Lipinski definition) is 7. The number of anilines is 1. The number of halogens is 1. The summed E-state index contributed by atoms with van der Waals surface area (Å²) < 4.78 is 0. The summed E-state index contributed by atoms with van der Waals surface area (Å²) in [5.74, 6) is 0.159. The fourth-order valence-electron chi connectivity index (χ4n) is 1.68. The number of hydrogen-bond donors (Lipinski definition) is 3. The van der Waals surface area contributed by atoms with Gasteiger partial charge >= 0.3 is 0 Å². The molecule has 3 aromatic rings. The average molecular weight is 320 g/mol.